The van der Waals surface area contributed by atoms with E-state index in [0.717, 1.165) is 31.5 Å². The number of unbranched alkanes of at least 4 members (excludes halogenated alkanes) is 2. The Bertz CT molecular complexity index is 503. The van der Waals surface area contributed by atoms with Gasteiger partial charge in [0.15, 0.2) is 5.96 Å². The summed E-state index contributed by atoms with van der Waals surface area (Å²) in [5.74, 6) is 3.11. The molecule has 0 saturated carbocycles. The minimum Gasteiger partial charge on any atom is -0.370 e. The summed E-state index contributed by atoms with van der Waals surface area (Å²) in [6, 6.07) is 6.44. The van der Waals surface area contributed by atoms with Crippen molar-refractivity contribution in [2.75, 3.05) is 11.9 Å². The quantitative estimate of drug-likeness (QED) is 0.270. The van der Waals surface area contributed by atoms with E-state index >= 15 is 0 Å². The molecule has 0 aliphatic heterocycles. The number of aryl methyl sites for hydroxylation is 2. The molecule has 0 heterocycles. The van der Waals surface area contributed by atoms with Crippen molar-refractivity contribution in [2.24, 2.45) is 10.7 Å². The predicted octanol–water partition coefficient (Wildman–Crippen LogP) is 3.32. The van der Waals surface area contributed by atoms with Gasteiger partial charge in [0.1, 0.15) is 0 Å². The van der Waals surface area contributed by atoms with Gasteiger partial charge in [-0.05, 0) is 55.4 Å². The van der Waals surface area contributed by atoms with Crippen LogP contribution in [0.15, 0.2) is 23.2 Å². The lowest BCUT2D eigenvalue weighted by Gasteiger charge is -2.07. The second-order valence-corrected chi connectivity index (χ2v) is 4.89. The number of hydrogen-bond donors (Lipinski definition) is 2. The van der Waals surface area contributed by atoms with Crippen LogP contribution in [0.4, 0.5) is 5.69 Å². The van der Waals surface area contributed by atoms with Gasteiger partial charge in [0.05, 0.1) is 0 Å². The Balaban J connectivity index is 0.00000200. The van der Waals surface area contributed by atoms with Crippen LogP contribution >= 0.6 is 24.0 Å². The number of nitrogens with one attached hydrogen (secondary N) is 1. The first-order valence-electron chi connectivity index (χ1n) is 6.92. The molecule has 1 aromatic rings. The monoisotopic (exact) mass is 383 g/mol. The van der Waals surface area contributed by atoms with Crippen molar-refractivity contribution in [3.8, 4) is 12.3 Å². The summed E-state index contributed by atoms with van der Waals surface area (Å²) < 4.78 is 0. The zero-order chi connectivity index (χ0) is 13.5. The Hall–Kier alpha value is -1.22. The Morgan fingerprint density at radius 3 is 2.90 bits per heavy atom. The van der Waals surface area contributed by atoms with E-state index in [-0.39, 0.29) is 24.0 Å². The van der Waals surface area contributed by atoms with Gasteiger partial charge in [0, 0.05) is 18.7 Å². The number of anilines is 1. The van der Waals surface area contributed by atoms with E-state index in [4.69, 9.17) is 12.2 Å². The highest BCUT2D eigenvalue weighted by Gasteiger charge is 2.10. The molecular weight excluding hydrogens is 361 g/mol. The summed E-state index contributed by atoms with van der Waals surface area (Å²) >= 11 is 0. The van der Waals surface area contributed by atoms with E-state index in [1.165, 1.54) is 30.4 Å². The molecule has 2 rings (SSSR count). The second-order valence-electron chi connectivity index (χ2n) is 4.89. The number of rotatable bonds is 5. The van der Waals surface area contributed by atoms with Gasteiger partial charge in [-0.25, -0.2) is 0 Å². The van der Waals surface area contributed by atoms with E-state index in [1.807, 2.05) is 0 Å². The Morgan fingerprint density at radius 1 is 1.30 bits per heavy atom. The van der Waals surface area contributed by atoms with Gasteiger partial charge >= 0.3 is 0 Å². The summed E-state index contributed by atoms with van der Waals surface area (Å²) in [6.45, 7) is 0.728. The number of guanidine groups is 1. The smallest absolute Gasteiger partial charge is 0.193 e. The molecule has 4 heteroatoms. The topological polar surface area (TPSA) is 50.4 Å². The van der Waals surface area contributed by atoms with E-state index in [9.17, 15) is 0 Å². The maximum absolute atomic E-state index is 5.86. The second kappa shape index (κ2) is 8.85. The number of nitrogens with zero attached hydrogens (tertiary/aromatic N) is 1. The van der Waals surface area contributed by atoms with E-state index in [0.29, 0.717) is 5.96 Å². The number of aliphatic imine (C=N–C) groups is 1. The standard InChI is InChI=1S/C16H21N3.HI/c1-2-3-4-5-11-18-16(17)19-15-10-9-13-7-6-8-14(13)12-15;/h1,9-10,12H,3-8,11H2,(H3,17,18,19);1H. The average molecular weight is 383 g/mol. The molecule has 0 amide bonds. The predicted molar refractivity (Wildman–Crippen MR) is 96.7 cm³/mol. The zero-order valence-electron chi connectivity index (χ0n) is 11.7. The van der Waals surface area contributed by atoms with E-state index in [1.54, 1.807) is 0 Å². The van der Waals surface area contributed by atoms with Gasteiger partial charge in [0.25, 0.3) is 0 Å². The third-order valence-corrected chi connectivity index (χ3v) is 3.38. The molecule has 3 nitrogen and oxygen atoms in total. The highest BCUT2D eigenvalue weighted by molar-refractivity contribution is 14.0. The van der Waals surface area contributed by atoms with Crippen LogP contribution < -0.4 is 11.1 Å². The lowest BCUT2D eigenvalue weighted by atomic mass is 10.1. The van der Waals surface area contributed by atoms with Crippen LogP contribution in [0.25, 0.3) is 0 Å². The maximum Gasteiger partial charge on any atom is 0.193 e. The van der Waals surface area contributed by atoms with Crippen LogP contribution in [0.5, 0.6) is 0 Å². The van der Waals surface area contributed by atoms with Crippen molar-refractivity contribution >= 4 is 35.6 Å². The fraction of sp³-hybridized carbons (Fsp3) is 0.438. The van der Waals surface area contributed by atoms with Crippen LogP contribution in [-0.4, -0.2) is 12.5 Å². The van der Waals surface area contributed by atoms with Crippen molar-refractivity contribution in [2.45, 2.75) is 38.5 Å². The van der Waals surface area contributed by atoms with Crippen LogP contribution in [0.2, 0.25) is 0 Å². The molecule has 0 spiro atoms. The molecule has 1 aromatic carbocycles. The molecule has 3 N–H and O–H groups in total. The van der Waals surface area contributed by atoms with E-state index in [2.05, 4.69) is 34.4 Å². The molecule has 20 heavy (non-hydrogen) atoms. The van der Waals surface area contributed by atoms with Crippen molar-refractivity contribution in [1.82, 2.24) is 0 Å². The maximum atomic E-state index is 5.86. The lowest BCUT2D eigenvalue weighted by molar-refractivity contribution is 0.768. The molecule has 0 aromatic heterocycles. The molecule has 108 valence electrons. The Kier molecular flexibility index (Phi) is 7.45. The summed E-state index contributed by atoms with van der Waals surface area (Å²) in [5, 5.41) is 3.15. The van der Waals surface area contributed by atoms with Crippen molar-refractivity contribution in [3.63, 3.8) is 0 Å². The van der Waals surface area contributed by atoms with Gasteiger partial charge in [-0.2, -0.15) is 0 Å². The first-order chi connectivity index (χ1) is 9.29. The largest absolute Gasteiger partial charge is 0.370 e. The fourth-order valence-electron chi connectivity index (χ4n) is 2.38. The highest BCUT2D eigenvalue weighted by Crippen LogP contribution is 2.24. The van der Waals surface area contributed by atoms with Crippen LogP contribution in [-0.2, 0) is 12.8 Å². The van der Waals surface area contributed by atoms with Crippen LogP contribution in [0.3, 0.4) is 0 Å². The van der Waals surface area contributed by atoms with Crippen molar-refractivity contribution < 1.29 is 0 Å². The minimum atomic E-state index is 0. The number of hydrogen-bond acceptors (Lipinski definition) is 1. The first-order valence-corrected chi connectivity index (χ1v) is 6.92. The van der Waals surface area contributed by atoms with Gasteiger partial charge in [-0.3, -0.25) is 4.99 Å². The molecule has 1 aliphatic rings. The molecule has 0 atom stereocenters. The Morgan fingerprint density at radius 2 is 2.10 bits per heavy atom. The van der Waals surface area contributed by atoms with Gasteiger partial charge < -0.3 is 11.1 Å². The molecule has 0 bridgehead atoms. The number of benzene rings is 1. The summed E-state index contributed by atoms with van der Waals surface area (Å²) in [6.07, 6.45) is 11.6. The van der Waals surface area contributed by atoms with Crippen molar-refractivity contribution in [1.29, 1.82) is 0 Å². The molecule has 0 radical (unpaired) electrons. The molecule has 0 fully saturated rings. The molecule has 0 saturated heterocycles. The van der Waals surface area contributed by atoms with Gasteiger partial charge in [-0.15, -0.1) is 36.3 Å². The van der Waals surface area contributed by atoms with Crippen LogP contribution in [0, 0.1) is 12.3 Å². The normalized spacial score (nSPS) is 13.2. The minimum absolute atomic E-state index is 0. The summed E-state index contributed by atoms with van der Waals surface area (Å²) in [5.41, 5.74) is 9.80. The van der Waals surface area contributed by atoms with Crippen molar-refractivity contribution in [3.05, 3.63) is 29.3 Å². The number of terminal acetylenes is 1. The SMILES string of the molecule is C#CCCCCN=C(N)Nc1ccc2c(c1)CCC2.I. The number of fused-ring (bicyclic) bond motifs is 1. The summed E-state index contributed by atoms with van der Waals surface area (Å²) in [4.78, 5) is 4.30. The molecule has 0 unspecified atom stereocenters. The fourth-order valence-corrected chi connectivity index (χ4v) is 2.38. The van der Waals surface area contributed by atoms with Gasteiger partial charge in [0.2, 0.25) is 0 Å². The number of nitrogens with two attached hydrogens (primary N) is 1. The zero-order valence-corrected chi connectivity index (χ0v) is 14.0. The molecular formula is C16H22IN3. The van der Waals surface area contributed by atoms with Crippen LogP contribution in [0.1, 0.15) is 36.8 Å². The molecule has 1 aliphatic carbocycles. The first kappa shape index (κ1) is 16.8. The Labute approximate surface area is 138 Å². The lowest BCUT2D eigenvalue weighted by Crippen LogP contribution is -2.22. The summed E-state index contributed by atoms with van der Waals surface area (Å²) in [7, 11) is 0. The third kappa shape index (κ3) is 5.04. The number of halogens is 1. The average Bonchev–Trinajstić information content (AvgIpc) is 2.86. The third-order valence-electron chi connectivity index (χ3n) is 3.38. The van der Waals surface area contributed by atoms with E-state index < -0.39 is 0 Å². The highest BCUT2D eigenvalue weighted by atomic mass is 127. The van der Waals surface area contributed by atoms with Gasteiger partial charge in [-0.1, -0.05) is 6.07 Å².